The number of ether oxygens (including phenoxy) is 1. The lowest BCUT2D eigenvalue weighted by molar-refractivity contribution is -0.119. The van der Waals surface area contributed by atoms with Gasteiger partial charge in [0.1, 0.15) is 0 Å². The number of nitrogens with zero attached hydrogens (tertiary/aromatic N) is 1. The molecule has 0 saturated heterocycles. The number of para-hydroxylation sites is 1. The zero-order valence-corrected chi connectivity index (χ0v) is 13.4. The van der Waals surface area contributed by atoms with Gasteiger partial charge in [-0.05, 0) is 31.5 Å². The summed E-state index contributed by atoms with van der Waals surface area (Å²) in [7, 11) is 0. The number of fused-ring (bicyclic) bond motifs is 1. The maximum absolute atomic E-state index is 12.1. The average molecular weight is 323 g/mol. The van der Waals surface area contributed by atoms with Crippen molar-refractivity contribution in [1.82, 2.24) is 10.2 Å². The summed E-state index contributed by atoms with van der Waals surface area (Å²) in [5.41, 5.74) is 3.68. The molecule has 3 rings (SSSR count). The van der Waals surface area contributed by atoms with Crippen LogP contribution in [0.15, 0.2) is 42.5 Å². The molecule has 6 nitrogen and oxygen atoms in total. The van der Waals surface area contributed by atoms with Crippen LogP contribution in [-0.2, 0) is 9.53 Å². The summed E-state index contributed by atoms with van der Waals surface area (Å²) in [4.78, 5) is 24.1. The smallest absolute Gasteiger partial charge is 0.359 e. The van der Waals surface area contributed by atoms with Crippen LogP contribution in [0.2, 0.25) is 0 Å². The topological polar surface area (TPSA) is 84.1 Å². The number of aryl methyl sites for hydroxylation is 2. The molecule has 0 atom stereocenters. The van der Waals surface area contributed by atoms with E-state index in [0.717, 1.165) is 16.6 Å². The quantitative estimate of drug-likeness (QED) is 0.723. The minimum Gasteiger partial charge on any atom is -0.451 e. The largest absolute Gasteiger partial charge is 0.451 e. The molecule has 0 radical (unpaired) electrons. The predicted octanol–water partition coefficient (Wildman–Crippen LogP) is 2.98. The highest BCUT2D eigenvalue weighted by atomic mass is 16.5. The van der Waals surface area contributed by atoms with Gasteiger partial charge in [-0.3, -0.25) is 9.89 Å². The van der Waals surface area contributed by atoms with Crippen molar-refractivity contribution < 1.29 is 14.3 Å². The summed E-state index contributed by atoms with van der Waals surface area (Å²) >= 11 is 0. The number of nitrogens with one attached hydrogen (secondary N) is 2. The van der Waals surface area contributed by atoms with Crippen LogP contribution in [0.1, 0.15) is 21.6 Å². The van der Waals surface area contributed by atoms with Crippen molar-refractivity contribution in [3.8, 4) is 0 Å². The highest BCUT2D eigenvalue weighted by molar-refractivity contribution is 6.03. The Bertz CT molecular complexity index is 915. The molecule has 1 heterocycles. The Labute approximate surface area is 138 Å². The second-order valence-electron chi connectivity index (χ2n) is 5.56. The molecule has 0 aliphatic carbocycles. The molecule has 0 aliphatic heterocycles. The molecule has 6 heteroatoms. The number of anilines is 1. The van der Waals surface area contributed by atoms with E-state index < -0.39 is 11.9 Å². The minimum absolute atomic E-state index is 0.171. The zero-order valence-electron chi connectivity index (χ0n) is 13.4. The molecule has 0 bridgehead atoms. The van der Waals surface area contributed by atoms with E-state index in [1.807, 2.05) is 50.2 Å². The van der Waals surface area contributed by atoms with Gasteiger partial charge in [-0.2, -0.15) is 5.10 Å². The third-order valence-electron chi connectivity index (χ3n) is 3.65. The number of carbonyl (C=O) groups excluding carboxylic acids is 2. The van der Waals surface area contributed by atoms with E-state index in [9.17, 15) is 9.59 Å². The van der Waals surface area contributed by atoms with E-state index in [1.165, 1.54) is 0 Å². The summed E-state index contributed by atoms with van der Waals surface area (Å²) in [5, 5.41) is 10.1. The molecule has 0 saturated carbocycles. The Morgan fingerprint density at radius 1 is 1.17 bits per heavy atom. The van der Waals surface area contributed by atoms with Crippen molar-refractivity contribution in [3.63, 3.8) is 0 Å². The maximum Gasteiger partial charge on any atom is 0.359 e. The summed E-state index contributed by atoms with van der Waals surface area (Å²) in [6, 6.07) is 12.9. The van der Waals surface area contributed by atoms with E-state index in [2.05, 4.69) is 15.5 Å². The number of esters is 1. The standard InChI is InChI=1S/C18H17N3O3/c1-11-7-8-14(12(2)9-11)19-16(22)10-24-18(23)17-13-5-3-4-6-15(13)20-21-17/h3-9H,10H2,1-2H3,(H,19,22)(H,20,21). The number of amides is 1. The van der Waals surface area contributed by atoms with Crippen LogP contribution in [0.3, 0.4) is 0 Å². The zero-order chi connectivity index (χ0) is 17.1. The number of hydrogen-bond acceptors (Lipinski definition) is 4. The average Bonchev–Trinajstić information content (AvgIpc) is 2.99. The molecule has 0 unspecified atom stereocenters. The molecular weight excluding hydrogens is 306 g/mol. The first kappa shape index (κ1) is 15.7. The van der Waals surface area contributed by atoms with Gasteiger partial charge in [0.2, 0.25) is 0 Å². The first-order valence-corrected chi connectivity index (χ1v) is 7.52. The van der Waals surface area contributed by atoms with Crippen molar-refractivity contribution in [2.75, 3.05) is 11.9 Å². The number of aromatic amines is 1. The van der Waals surface area contributed by atoms with Gasteiger partial charge in [0.05, 0.1) is 5.52 Å². The fourth-order valence-corrected chi connectivity index (χ4v) is 2.46. The van der Waals surface area contributed by atoms with Crippen LogP contribution in [0.25, 0.3) is 10.9 Å². The second-order valence-corrected chi connectivity index (χ2v) is 5.56. The van der Waals surface area contributed by atoms with Crippen LogP contribution in [-0.4, -0.2) is 28.7 Å². The van der Waals surface area contributed by atoms with Crippen molar-refractivity contribution >= 4 is 28.5 Å². The SMILES string of the molecule is Cc1ccc(NC(=O)COC(=O)c2n[nH]c3ccccc23)c(C)c1. The lowest BCUT2D eigenvalue weighted by Gasteiger charge is -2.09. The van der Waals surface area contributed by atoms with E-state index in [4.69, 9.17) is 4.74 Å². The fraction of sp³-hybridized carbons (Fsp3) is 0.167. The third kappa shape index (κ3) is 3.27. The Balaban J connectivity index is 1.62. The van der Waals surface area contributed by atoms with Crippen LogP contribution in [0.4, 0.5) is 5.69 Å². The molecular formula is C18H17N3O3. The number of aromatic nitrogens is 2. The Kier molecular flexibility index (Phi) is 4.29. The number of rotatable bonds is 4. The normalized spacial score (nSPS) is 10.6. The van der Waals surface area contributed by atoms with E-state index in [1.54, 1.807) is 6.07 Å². The van der Waals surface area contributed by atoms with Crippen molar-refractivity contribution in [2.45, 2.75) is 13.8 Å². The molecule has 3 aromatic rings. The van der Waals surface area contributed by atoms with Crippen LogP contribution >= 0.6 is 0 Å². The lowest BCUT2D eigenvalue weighted by atomic mass is 10.1. The number of benzene rings is 2. The first-order chi connectivity index (χ1) is 11.5. The molecule has 24 heavy (non-hydrogen) atoms. The monoisotopic (exact) mass is 323 g/mol. The Hall–Kier alpha value is -3.15. The summed E-state index contributed by atoms with van der Waals surface area (Å²) in [6.07, 6.45) is 0. The Morgan fingerprint density at radius 2 is 1.96 bits per heavy atom. The number of hydrogen-bond donors (Lipinski definition) is 2. The maximum atomic E-state index is 12.1. The van der Waals surface area contributed by atoms with Crippen molar-refractivity contribution in [1.29, 1.82) is 0 Å². The number of carbonyl (C=O) groups is 2. The summed E-state index contributed by atoms with van der Waals surface area (Å²) in [5.74, 6) is -1.03. The van der Waals surface area contributed by atoms with Crippen molar-refractivity contribution in [3.05, 3.63) is 59.3 Å². The predicted molar refractivity (Wildman–Crippen MR) is 90.9 cm³/mol. The lowest BCUT2D eigenvalue weighted by Crippen LogP contribution is -2.21. The molecule has 1 aromatic heterocycles. The van der Waals surface area contributed by atoms with Gasteiger partial charge in [-0.25, -0.2) is 4.79 Å². The van der Waals surface area contributed by atoms with E-state index >= 15 is 0 Å². The molecule has 0 aliphatic rings. The molecule has 122 valence electrons. The highest BCUT2D eigenvalue weighted by Gasteiger charge is 2.16. The van der Waals surface area contributed by atoms with Gasteiger partial charge in [0.15, 0.2) is 12.3 Å². The number of H-pyrrole nitrogens is 1. The van der Waals surface area contributed by atoms with Crippen LogP contribution in [0.5, 0.6) is 0 Å². The molecule has 0 fully saturated rings. The fourth-order valence-electron chi connectivity index (χ4n) is 2.46. The van der Waals surface area contributed by atoms with Gasteiger partial charge in [-0.1, -0.05) is 35.9 Å². The third-order valence-corrected chi connectivity index (χ3v) is 3.65. The Morgan fingerprint density at radius 3 is 2.75 bits per heavy atom. The van der Waals surface area contributed by atoms with E-state index in [-0.39, 0.29) is 12.3 Å². The minimum atomic E-state index is -0.636. The summed E-state index contributed by atoms with van der Waals surface area (Å²) < 4.78 is 5.06. The van der Waals surface area contributed by atoms with Gasteiger partial charge >= 0.3 is 5.97 Å². The second kappa shape index (κ2) is 6.54. The first-order valence-electron chi connectivity index (χ1n) is 7.52. The van der Waals surface area contributed by atoms with Crippen LogP contribution in [0, 0.1) is 13.8 Å². The van der Waals surface area contributed by atoms with Crippen molar-refractivity contribution in [2.24, 2.45) is 0 Å². The summed E-state index contributed by atoms with van der Waals surface area (Å²) in [6.45, 7) is 3.52. The highest BCUT2D eigenvalue weighted by Crippen LogP contribution is 2.17. The molecule has 2 N–H and O–H groups in total. The van der Waals surface area contributed by atoms with Gasteiger partial charge in [-0.15, -0.1) is 0 Å². The van der Waals surface area contributed by atoms with Gasteiger partial charge < -0.3 is 10.1 Å². The molecule has 1 amide bonds. The van der Waals surface area contributed by atoms with E-state index in [0.29, 0.717) is 11.1 Å². The van der Waals surface area contributed by atoms with Gasteiger partial charge in [0.25, 0.3) is 5.91 Å². The molecule has 2 aromatic carbocycles. The molecule has 0 spiro atoms. The van der Waals surface area contributed by atoms with Gasteiger partial charge in [0, 0.05) is 11.1 Å². The van der Waals surface area contributed by atoms with Crippen LogP contribution < -0.4 is 5.32 Å².